The molecule has 0 saturated carbocycles. The van der Waals surface area contributed by atoms with Gasteiger partial charge in [-0.2, -0.15) is 0 Å². The Balaban J connectivity index is 2.19. The molecule has 1 aromatic heterocycles. The summed E-state index contributed by atoms with van der Waals surface area (Å²) in [5.74, 6) is -0.290. The van der Waals surface area contributed by atoms with Crippen LogP contribution in [-0.4, -0.2) is 22.9 Å². The van der Waals surface area contributed by atoms with Gasteiger partial charge in [0.2, 0.25) is 0 Å². The molecule has 0 bridgehead atoms. The normalized spacial score (nSPS) is 10.8. The van der Waals surface area contributed by atoms with Crippen molar-refractivity contribution in [1.29, 1.82) is 0 Å². The van der Waals surface area contributed by atoms with Crippen molar-refractivity contribution < 1.29 is 9.59 Å². The van der Waals surface area contributed by atoms with Gasteiger partial charge in [-0.3, -0.25) is 9.59 Å². The smallest absolute Gasteiger partial charge is 0.257 e. The molecule has 0 fully saturated rings. The van der Waals surface area contributed by atoms with E-state index in [0.29, 0.717) is 29.4 Å². The van der Waals surface area contributed by atoms with E-state index in [-0.39, 0.29) is 11.8 Å². The minimum absolute atomic E-state index is 0.129. The van der Waals surface area contributed by atoms with E-state index < -0.39 is 0 Å². The minimum Gasteiger partial charge on any atom is -0.352 e. The fourth-order valence-corrected chi connectivity index (χ4v) is 3.08. The van der Waals surface area contributed by atoms with Crippen molar-refractivity contribution in [3.63, 3.8) is 0 Å². The van der Waals surface area contributed by atoms with Crippen LogP contribution in [0.5, 0.6) is 0 Å². The first-order chi connectivity index (χ1) is 11.8. The lowest BCUT2D eigenvalue weighted by molar-refractivity contribution is 0.0952. The van der Waals surface area contributed by atoms with E-state index in [0.717, 1.165) is 17.8 Å². The first-order valence-corrected chi connectivity index (χ1v) is 8.73. The van der Waals surface area contributed by atoms with E-state index in [1.54, 1.807) is 24.3 Å². The van der Waals surface area contributed by atoms with Crippen LogP contribution in [0.1, 0.15) is 65.3 Å². The fraction of sp³-hybridized carbons (Fsp3) is 0.400. The second-order valence-electron chi connectivity index (χ2n) is 6.54. The highest BCUT2D eigenvalue weighted by atomic mass is 16.2. The second kappa shape index (κ2) is 8.01. The number of anilines is 1. The highest BCUT2D eigenvalue weighted by molar-refractivity contribution is 6.06. The molecule has 134 valence electrons. The third kappa shape index (κ3) is 4.29. The van der Waals surface area contributed by atoms with Gasteiger partial charge in [0.05, 0.1) is 5.56 Å². The number of rotatable bonds is 6. The van der Waals surface area contributed by atoms with Gasteiger partial charge in [0, 0.05) is 35.2 Å². The van der Waals surface area contributed by atoms with E-state index in [1.807, 2.05) is 26.8 Å². The van der Waals surface area contributed by atoms with E-state index >= 15 is 0 Å². The Morgan fingerprint density at radius 2 is 1.84 bits per heavy atom. The number of carbonyl (C=O) groups is 2. The molecular weight excluding hydrogens is 314 g/mol. The summed E-state index contributed by atoms with van der Waals surface area (Å²) >= 11 is 0. The summed E-state index contributed by atoms with van der Waals surface area (Å²) in [6.45, 7) is 10.8. The number of aryl methyl sites for hydroxylation is 1. The van der Waals surface area contributed by atoms with Crippen LogP contribution in [-0.2, 0) is 0 Å². The molecule has 2 rings (SSSR count). The Kier molecular flexibility index (Phi) is 6.02. The number of hydrogen-bond acceptors (Lipinski definition) is 2. The molecule has 0 aliphatic heterocycles. The molecule has 0 atom stereocenters. The SMILES string of the molecule is CCCNC(=O)c1cccc(NC(=O)c2cc(C)n(C(C)C)c2C)c1. The summed E-state index contributed by atoms with van der Waals surface area (Å²) in [5, 5.41) is 5.74. The second-order valence-corrected chi connectivity index (χ2v) is 6.54. The third-order valence-corrected chi connectivity index (χ3v) is 4.16. The van der Waals surface area contributed by atoms with Crippen LogP contribution in [0, 0.1) is 13.8 Å². The zero-order valence-corrected chi connectivity index (χ0v) is 15.6. The predicted molar refractivity (Wildman–Crippen MR) is 101 cm³/mol. The van der Waals surface area contributed by atoms with Crippen LogP contribution in [0.2, 0.25) is 0 Å². The molecule has 0 aliphatic carbocycles. The lowest BCUT2D eigenvalue weighted by atomic mass is 10.1. The summed E-state index contributed by atoms with van der Waals surface area (Å²) in [5.41, 5.74) is 3.82. The van der Waals surface area contributed by atoms with Crippen molar-refractivity contribution in [3.8, 4) is 0 Å². The van der Waals surface area contributed by atoms with Crippen molar-refractivity contribution in [2.45, 2.75) is 47.1 Å². The zero-order valence-electron chi connectivity index (χ0n) is 15.6. The van der Waals surface area contributed by atoms with Gasteiger partial charge in [-0.15, -0.1) is 0 Å². The Morgan fingerprint density at radius 1 is 1.12 bits per heavy atom. The van der Waals surface area contributed by atoms with E-state index in [4.69, 9.17) is 0 Å². The number of nitrogens with one attached hydrogen (secondary N) is 2. The average Bonchev–Trinajstić information content (AvgIpc) is 2.87. The van der Waals surface area contributed by atoms with E-state index in [1.165, 1.54) is 0 Å². The number of nitrogens with zero attached hydrogens (tertiary/aromatic N) is 1. The molecule has 5 nitrogen and oxygen atoms in total. The van der Waals surface area contributed by atoms with Crippen molar-refractivity contribution >= 4 is 17.5 Å². The van der Waals surface area contributed by atoms with Crippen LogP contribution in [0.25, 0.3) is 0 Å². The number of amides is 2. The highest BCUT2D eigenvalue weighted by Crippen LogP contribution is 2.21. The van der Waals surface area contributed by atoms with Gasteiger partial charge < -0.3 is 15.2 Å². The Morgan fingerprint density at radius 3 is 2.44 bits per heavy atom. The van der Waals surface area contributed by atoms with Crippen LogP contribution in [0.4, 0.5) is 5.69 Å². The van der Waals surface area contributed by atoms with Crippen LogP contribution >= 0.6 is 0 Å². The third-order valence-electron chi connectivity index (χ3n) is 4.16. The van der Waals surface area contributed by atoms with Gasteiger partial charge in [-0.1, -0.05) is 13.0 Å². The fourth-order valence-electron chi connectivity index (χ4n) is 3.08. The molecule has 2 N–H and O–H groups in total. The summed E-state index contributed by atoms with van der Waals surface area (Å²) in [6, 6.07) is 9.20. The van der Waals surface area contributed by atoms with Gasteiger partial charge >= 0.3 is 0 Å². The van der Waals surface area contributed by atoms with Gasteiger partial charge in [-0.05, 0) is 58.4 Å². The summed E-state index contributed by atoms with van der Waals surface area (Å²) in [7, 11) is 0. The molecule has 0 unspecified atom stereocenters. The first kappa shape index (κ1) is 18.8. The molecule has 0 saturated heterocycles. The summed E-state index contributed by atoms with van der Waals surface area (Å²) in [4.78, 5) is 24.7. The number of hydrogen-bond donors (Lipinski definition) is 2. The molecule has 0 aliphatic rings. The van der Waals surface area contributed by atoms with Crippen LogP contribution < -0.4 is 10.6 Å². The van der Waals surface area contributed by atoms with Crippen LogP contribution in [0.15, 0.2) is 30.3 Å². The van der Waals surface area contributed by atoms with Crippen LogP contribution in [0.3, 0.4) is 0 Å². The van der Waals surface area contributed by atoms with Crippen molar-refractivity contribution in [3.05, 3.63) is 52.8 Å². The molecule has 0 spiro atoms. The van der Waals surface area contributed by atoms with Gasteiger partial charge in [-0.25, -0.2) is 0 Å². The number of benzene rings is 1. The summed E-state index contributed by atoms with van der Waals surface area (Å²) < 4.78 is 2.14. The Hall–Kier alpha value is -2.56. The maximum absolute atomic E-state index is 12.7. The molecular formula is C20H27N3O2. The zero-order chi connectivity index (χ0) is 18.6. The molecule has 25 heavy (non-hydrogen) atoms. The maximum Gasteiger partial charge on any atom is 0.257 e. The molecule has 2 aromatic rings. The average molecular weight is 341 g/mol. The maximum atomic E-state index is 12.7. The Bertz CT molecular complexity index is 775. The highest BCUT2D eigenvalue weighted by Gasteiger charge is 2.17. The first-order valence-electron chi connectivity index (χ1n) is 8.73. The topological polar surface area (TPSA) is 63.1 Å². The quantitative estimate of drug-likeness (QED) is 0.831. The number of carbonyl (C=O) groups excluding carboxylic acids is 2. The lowest BCUT2D eigenvalue weighted by Gasteiger charge is -2.13. The monoisotopic (exact) mass is 341 g/mol. The Labute approximate surface area is 149 Å². The molecule has 1 heterocycles. The van der Waals surface area contributed by atoms with Gasteiger partial charge in [0.25, 0.3) is 11.8 Å². The van der Waals surface area contributed by atoms with Crippen molar-refractivity contribution in [1.82, 2.24) is 9.88 Å². The molecule has 2 amide bonds. The van der Waals surface area contributed by atoms with Crippen molar-refractivity contribution in [2.75, 3.05) is 11.9 Å². The lowest BCUT2D eigenvalue weighted by Crippen LogP contribution is -2.24. The van der Waals surface area contributed by atoms with E-state index in [2.05, 4.69) is 29.0 Å². The van der Waals surface area contributed by atoms with E-state index in [9.17, 15) is 9.59 Å². The van der Waals surface area contributed by atoms with Gasteiger partial charge in [0.15, 0.2) is 0 Å². The van der Waals surface area contributed by atoms with Gasteiger partial charge in [0.1, 0.15) is 0 Å². The molecule has 1 aromatic carbocycles. The predicted octanol–water partition coefficient (Wildman–Crippen LogP) is 4.08. The standard InChI is InChI=1S/C20H27N3O2/c1-6-10-21-19(24)16-8-7-9-17(12-16)22-20(25)18-11-14(4)23(13(2)3)15(18)5/h7-9,11-13H,6,10H2,1-5H3,(H,21,24)(H,22,25). The largest absolute Gasteiger partial charge is 0.352 e. The van der Waals surface area contributed by atoms with Crippen molar-refractivity contribution in [2.24, 2.45) is 0 Å². The summed E-state index contributed by atoms with van der Waals surface area (Å²) in [6.07, 6.45) is 0.883. The molecule has 0 radical (unpaired) electrons. The number of aromatic nitrogens is 1. The molecule has 5 heteroatoms. The minimum atomic E-state index is -0.161.